The third-order valence-corrected chi connectivity index (χ3v) is 4.51. The van der Waals surface area contributed by atoms with E-state index >= 15 is 0 Å². The number of hydrogen-bond donors (Lipinski definition) is 2. The molecule has 1 unspecified atom stereocenters. The molecule has 4 atom stereocenters. The Kier molecular flexibility index (Phi) is 3.91. The van der Waals surface area contributed by atoms with E-state index in [2.05, 4.69) is 0 Å². The van der Waals surface area contributed by atoms with Gasteiger partial charge in [-0.25, -0.2) is 4.79 Å². The Hall–Kier alpha value is -1.89. The summed E-state index contributed by atoms with van der Waals surface area (Å²) < 4.78 is 16.7. The molecule has 6 heteroatoms. The fourth-order valence-corrected chi connectivity index (χ4v) is 2.72. The molecule has 1 aromatic heterocycles. The average molecular weight is 320 g/mol. The van der Waals surface area contributed by atoms with Gasteiger partial charge in [-0.2, -0.15) is 0 Å². The lowest BCUT2D eigenvalue weighted by Gasteiger charge is -2.46. The summed E-state index contributed by atoms with van der Waals surface area (Å²) in [5.41, 5.74) is -0.885. The maximum Gasteiger partial charge on any atom is 0.336 e. The van der Waals surface area contributed by atoms with Crippen LogP contribution < -0.4 is 10.4 Å². The van der Waals surface area contributed by atoms with Gasteiger partial charge in [-0.3, -0.25) is 0 Å². The molecular weight excluding hydrogens is 300 g/mol. The van der Waals surface area contributed by atoms with Crippen molar-refractivity contribution in [2.75, 3.05) is 0 Å². The summed E-state index contributed by atoms with van der Waals surface area (Å²) in [6.45, 7) is 5.46. The van der Waals surface area contributed by atoms with Crippen molar-refractivity contribution in [1.82, 2.24) is 0 Å². The highest BCUT2D eigenvalue weighted by Crippen LogP contribution is 2.36. The van der Waals surface area contributed by atoms with Gasteiger partial charge < -0.3 is 24.1 Å². The maximum absolute atomic E-state index is 11.4. The van der Waals surface area contributed by atoms with Gasteiger partial charge in [0.05, 0.1) is 11.7 Å². The number of ether oxygens (including phenoxy) is 2. The SMILES string of the molecule is C[C@@H]1[C@@H](O)[C@H](O)C(Oc2cccc3ccc(=O)oc23)OC1(C)C. The molecule has 3 rings (SSSR count). The van der Waals surface area contributed by atoms with Crippen molar-refractivity contribution < 1.29 is 24.1 Å². The van der Waals surface area contributed by atoms with Gasteiger partial charge in [0.2, 0.25) is 6.29 Å². The average Bonchev–Trinajstić information content (AvgIpc) is 2.51. The zero-order chi connectivity index (χ0) is 16.8. The summed E-state index contributed by atoms with van der Waals surface area (Å²) in [6, 6.07) is 8.11. The first-order valence-corrected chi connectivity index (χ1v) is 7.53. The number of fused-ring (bicyclic) bond motifs is 1. The molecule has 2 N–H and O–H groups in total. The number of aliphatic hydroxyl groups is 2. The second-order valence-electron chi connectivity index (χ2n) is 6.41. The summed E-state index contributed by atoms with van der Waals surface area (Å²) in [6.07, 6.45) is -3.25. The first-order valence-electron chi connectivity index (χ1n) is 7.53. The molecule has 2 heterocycles. The van der Waals surface area contributed by atoms with E-state index in [1.54, 1.807) is 31.2 Å². The van der Waals surface area contributed by atoms with Gasteiger partial charge >= 0.3 is 5.63 Å². The molecule has 6 nitrogen and oxygen atoms in total. The Balaban J connectivity index is 1.95. The lowest BCUT2D eigenvalue weighted by atomic mass is 9.82. The van der Waals surface area contributed by atoms with Crippen LogP contribution in [0.25, 0.3) is 11.0 Å². The van der Waals surface area contributed by atoms with Crippen LogP contribution >= 0.6 is 0 Å². The number of benzene rings is 1. The van der Waals surface area contributed by atoms with Crippen LogP contribution in [0.15, 0.2) is 39.5 Å². The highest BCUT2D eigenvalue weighted by Gasteiger charge is 2.47. The third kappa shape index (κ3) is 2.85. The van der Waals surface area contributed by atoms with E-state index in [0.29, 0.717) is 5.39 Å². The van der Waals surface area contributed by atoms with E-state index in [0.717, 1.165) is 0 Å². The van der Waals surface area contributed by atoms with Crippen molar-refractivity contribution in [2.24, 2.45) is 5.92 Å². The summed E-state index contributed by atoms with van der Waals surface area (Å²) in [4.78, 5) is 11.4. The minimum Gasteiger partial charge on any atom is -0.458 e. The summed E-state index contributed by atoms with van der Waals surface area (Å²) >= 11 is 0. The third-order valence-electron chi connectivity index (χ3n) is 4.51. The van der Waals surface area contributed by atoms with Gasteiger partial charge in [-0.15, -0.1) is 0 Å². The predicted octanol–water partition coefficient (Wildman–Crippen LogP) is 1.66. The smallest absolute Gasteiger partial charge is 0.336 e. The number of rotatable bonds is 2. The fraction of sp³-hybridized carbons (Fsp3) is 0.471. The zero-order valence-corrected chi connectivity index (χ0v) is 13.2. The molecule has 23 heavy (non-hydrogen) atoms. The minimum atomic E-state index is -1.20. The monoisotopic (exact) mass is 320 g/mol. The first kappa shape index (κ1) is 16.0. The van der Waals surface area contributed by atoms with Crippen LogP contribution in [0, 0.1) is 5.92 Å². The van der Waals surface area contributed by atoms with E-state index < -0.39 is 29.7 Å². The molecule has 124 valence electrons. The molecule has 0 bridgehead atoms. The van der Waals surface area contributed by atoms with Crippen LogP contribution in [0.2, 0.25) is 0 Å². The topological polar surface area (TPSA) is 89.1 Å². The molecule has 1 saturated heterocycles. The van der Waals surface area contributed by atoms with E-state index in [-0.39, 0.29) is 17.3 Å². The van der Waals surface area contributed by atoms with Gasteiger partial charge in [0.15, 0.2) is 11.3 Å². The largest absolute Gasteiger partial charge is 0.458 e. The molecular formula is C17H20O6. The lowest BCUT2D eigenvalue weighted by Crippen LogP contribution is -2.59. The van der Waals surface area contributed by atoms with Crippen LogP contribution in [-0.4, -0.2) is 34.3 Å². The van der Waals surface area contributed by atoms with Crippen LogP contribution in [-0.2, 0) is 4.74 Å². The van der Waals surface area contributed by atoms with Crippen LogP contribution in [0.3, 0.4) is 0 Å². The van der Waals surface area contributed by atoms with Crippen molar-refractivity contribution in [3.63, 3.8) is 0 Å². The Labute approximate surface area is 133 Å². The second-order valence-corrected chi connectivity index (χ2v) is 6.41. The quantitative estimate of drug-likeness (QED) is 0.818. The van der Waals surface area contributed by atoms with Gasteiger partial charge in [-0.1, -0.05) is 19.1 Å². The van der Waals surface area contributed by atoms with E-state index in [9.17, 15) is 15.0 Å². The summed E-state index contributed by atoms with van der Waals surface area (Å²) in [5.74, 6) is 0.0182. The Morgan fingerprint density at radius 1 is 1.13 bits per heavy atom. The van der Waals surface area contributed by atoms with Gasteiger partial charge in [0, 0.05) is 17.4 Å². The molecule has 0 spiro atoms. The van der Waals surface area contributed by atoms with Crippen molar-refractivity contribution in [1.29, 1.82) is 0 Å². The fourth-order valence-electron chi connectivity index (χ4n) is 2.72. The molecule has 1 aromatic carbocycles. The van der Waals surface area contributed by atoms with Gasteiger partial charge in [0.1, 0.15) is 6.10 Å². The van der Waals surface area contributed by atoms with Gasteiger partial charge in [0.25, 0.3) is 0 Å². The number of aliphatic hydroxyl groups excluding tert-OH is 2. The number of hydrogen-bond acceptors (Lipinski definition) is 6. The normalized spacial score (nSPS) is 30.3. The second kappa shape index (κ2) is 5.63. The highest BCUT2D eigenvalue weighted by atomic mass is 16.7. The Bertz CT molecular complexity index is 765. The Morgan fingerprint density at radius 2 is 1.87 bits per heavy atom. The summed E-state index contributed by atoms with van der Waals surface area (Å²) in [5, 5.41) is 21.1. The first-order chi connectivity index (χ1) is 10.8. The maximum atomic E-state index is 11.4. The summed E-state index contributed by atoms with van der Waals surface area (Å²) in [7, 11) is 0. The minimum absolute atomic E-state index is 0.261. The predicted molar refractivity (Wildman–Crippen MR) is 83.2 cm³/mol. The Morgan fingerprint density at radius 3 is 2.61 bits per heavy atom. The number of para-hydroxylation sites is 1. The molecule has 1 fully saturated rings. The molecule has 1 aliphatic rings. The van der Waals surface area contributed by atoms with Crippen molar-refractivity contribution in [3.05, 3.63) is 40.8 Å². The van der Waals surface area contributed by atoms with E-state index in [4.69, 9.17) is 13.9 Å². The zero-order valence-electron chi connectivity index (χ0n) is 13.2. The van der Waals surface area contributed by atoms with E-state index in [1.807, 2.05) is 13.8 Å². The molecule has 0 aliphatic carbocycles. The molecule has 0 radical (unpaired) electrons. The van der Waals surface area contributed by atoms with E-state index in [1.165, 1.54) is 6.07 Å². The van der Waals surface area contributed by atoms with Crippen LogP contribution in [0.1, 0.15) is 20.8 Å². The van der Waals surface area contributed by atoms with Crippen molar-refractivity contribution in [3.8, 4) is 5.75 Å². The standard InChI is InChI=1S/C17H20O6/c1-9-13(19)14(20)16(23-17(9,2)3)21-11-6-4-5-10-7-8-12(18)22-15(10)11/h4-9,13-14,16,19-20H,1-3H3/t9-,13-,14+,16?/m1/s1. The van der Waals surface area contributed by atoms with Crippen molar-refractivity contribution in [2.45, 2.75) is 44.9 Å². The molecule has 2 aromatic rings. The van der Waals surface area contributed by atoms with Gasteiger partial charge in [-0.05, 0) is 26.0 Å². The lowest BCUT2D eigenvalue weighted by molar-refractivity contribution is -0.284. The molecule has 0 amide bonds. The molecule has 0 saturated carbocycles. The van der Waals surface area contributed by atoms with Crippen molar-refractivity contribution >= 4 is 11.0 Å². The van der Waals surface area contributed by atoms with Crippen LogP contribution in [0.4, 0.5) is 0 Å². The molecule has 1 aliphatic heterocycles. The van der Waals surface area contributed by atoms with Crippen LogP contribution in [0.5, 0.6) is 5.75 Å². The highest BCUT2D eigenvalue weighted by molar-refractivity contribution is 5.82.